The number of hydrogen-bond acceptors (Lipinski definition) is 1. The van der Waals surface area contributed by atoms with Crippen molar-refractivity contribution in [2.75, 3.05) is 0 Å². The Bertz CT molecular complexity index is 336. The molecule has 0 unspecified atom stereocenters. The van der Waals surface area contributed by atoms with Crippen LogP contribution in [0.1, 0.15) is 37.6 Å². The maximum atomic E-state index is 4.46. The zero-order valence-electron chi connectivity index (χ0n) is 8.92. The van der Waals surface area contributed by atoms with Crippen LogP contribution in [-0.2, 0) is 19.4 Å². The number of aromatic nitrogens is 2. The molecule has 0 aromatic carbocycles. The lowest BCUT2D eigenvalue weighted by Gasteiger charge is -2.02. The van der Waals surface area contributed by atoms with E-state index in [1.54, 1.807) is 0 Å². The molecule has 0 bridgehead atoms. The fourth-order valence-corrected chi connectivity index (χ4v) is 2.17. The number of nitrogens with zero attached hydrogens (tertiary/aromatic N) is 2. The molecule has 2 rings (SSSR count). The highest BCUT2D eigenvalue weighted by Crippen LogP contribution is 2.20. The van der Waals surface area contributed by atoms with Crippen molar-refractivity contribution in [2.24, 2.45) is 0 Å². The summed E-state index contributed by atoms with van der Waals surface area (Å²) in [7, 11) is 0. The lowest BCUT2D eigenvalue weighted by atomic mass is 10.1. The molecule has 1 aliphatic rings. The number of fused-ring (bicyclic) bond motifs is 1. The first-order valence-electron chi connectivity index (χ1n) is 5.50. The lowest BCUT2D eigenvalue weighted by Crippen LogP contribution is -1.95. The smallest absolute Gasteiger partial charge is 0.0951 e. The first kappa shape index (κ1) is 9.50. The Hall–Kier alpha value is -1.05. The van der Waals surface area contributed by atoms with E-state index in [0.717, 1.165) is 19.4 Å². The van der Waals surface area contributed by atoms with Crippen LogP contribution in [0.5, 0.6) is 0 Å². The molecule has 0 amide bonds. The predicted octanol–water partition coefficient (Wildman–Crippen LogP) is 2.73. The summed E-state index contributed by atoms with van der Waals surface area (Å²) in [6, 6.07) is 0. The van der Waals surface area contributed by atoms with Gasteiger partial charge in [-0.25, -0.2) is 4.98 Å². The Kier molecular flexibility index (Phi) is 2.71. The van der Waals surface area contributed by atoms with Crippen molar-refractivity contribution < 1.29 is 0 Å². The van der Waals surface area contributed by atoms with E-state index in [4.69, 9.17) is 0 Å². The van der Waals surface area contributed by atoms with E-state index in [-0.39, 0.29) is 0 Å². The summed E-state index contributed by atoms with van der Waals surface area (Å²) in [5, 5.41) is 0. The minimum absolute atomic E-state index is 0.982. The third kappa shape index (κ3) is 1.74. The van der Waals surface area contributed by atoms with Gasteiger partial charge in [0.05, 0.1) is 12.0 Å². The Morgan fingerprint density at radius 2 is 2.50 bits per heavy atom. The quantitative estimate of drug-likeness (QED) is 0.667. The highest BCUT2D eigenvalue weighted by molar-refractivity contribution is 5.21. The van der Waals surface area contributed by atoms with Crippen LogP contribution in [0.4, 0.5) is 0 Å². The van der Waals surface area contributed by atoms with Gasteiger partial charge in [-0.1, -0.05) is 25.5 Å². The molecule has 14 heavy (non-hydrogen) atoms. The van der Waals surface area contributed by atoms with Crippen LogP contribution >= 0.6 is 0 Å². The van der Waals surface area contributed by atoms with E-state index in [1.165, 1.54) is 36.2 Å². The molecule has 2 nitrogen and oxygen atoms in total. The molecule has 1 aromatic rings. The standard InChI is InChI=1S/C12H18N2/c1-3-5-10(2)8-11-12-6-4-7-14(12)9-13-11/h9H,2-8H2,1H3. The van der Waals surface area contributed by atoms with Crippen molar-refractivity contribution in [1.82, 2.24) is 9.55 Å². The zero-order valence-corrected chi connectivity index (χ0v) is 8.92. The van der Waals surface area contributed by atoms with Gasteiger partial charge in [-0.15, -0.1) is 0 Å². The van der Waals surface area contributed by atoms with Crippen LogP contribution in [0.2, 0.25) is 0 Å². The Balaban J connectivity index is 2.06. The summed E-state index contributed by atoms with van der Waals surface area (Å²) in [5.74, 6) is 0. The summed E-state index contributed by atoms with van der Waals surface area (Å²) in [6.45, 7) is 7.45. The van der Waals surface area contributed by atoms with Crippen molar-refractivity contribution in [3.05, 3.63) is 29.9 Å². The van der Waals surface area contributed by atoms with E-state index in [0.29, 0.717) is 0 Å². The lowest BCUT2D eigenvalue weighted by molar-refractivity contribution is 0.741. The maximum Gasteiger partial charge on any atom is 0.0951 e. The minimum Gasteiger partial charge on any atom is -0.334 e. The second-order valence-electron chi connectivity index (χ2n) is 4.11. The van der Waals surface area contributed by atoms with Crippen molar-refractivity contribution in [1.29, 1.82) is 0 Å². The predicted molar refractivity (Wildman–Crippen MR) is 58.3 cm³/mol. The number of rotatable bonds is 4. The average Bonchev–Trinajstić information content (AvgIpc) is 2.70. The molecule has 2 heteroatoms. The van der Waals surface area contributed by atoms with E-state index in [1.807, 2.05) is 6.33 Å². The SMILES string of the molecule is C=C(CCC)Cc1ncn2c1CCC2. The molecule has 0 aliphatic carbocycles. The van der Waals surface area contributed by atoms with Crippen molar-refractivity contribution in [3.8, 4) is 0 Å². The van der Waals surface area contributed by atoms with Gasteiger partial charge in [0.2, 0.25) is 0 Å². The van der Waals surface area contributed by atoms with Crippen molar-refractivity contribution in [2.45, 2.75) is 45.6 Å². The minimum atomic E-state index is 0.982. The fraction of sp³-hybridized carbons (Fsp3) is 0.583. The molecule has 0 atom stereocenters. The summed E-state index contributed by atoms with van der Waals surface area (Å²) in [5.41, 5.74) is 4.03. The van der Waals surface area contributed by atoms with E-state index in [9.17, 15) is 0 Å². The molecule has 0 radical (unpaired) electrons. The topological polar surface area (TPSA) is 17.8 Å². The van der Waals surface area contributed by atoms with Gasteiger partial charge in [-0.05, 0) is 19.3 Å². The van der Waals surface area contributed by atoms with Gasteiger partial charge in [-0.3, -0.25) is 0 Å². The summed E-state index contributed by atoms with van der Waals surface area (Å²) < 4.78 is 2.29. The van der Waals surface area contributed by atoms with E-state index in [2.05, 4.69) is 23.1 Å². The van der Waals surface area contributed by atoms with E-state index >= 15 is 0 Å². The van der Waals surface area contributed by atoms with Gasteiger partial charge in [0.1, 0.15) is 0 Å². The van der Waals surface area contributed by atoms with Gasteiger partial charge in [0.15, 0.2) is 0 Å². The molecule has 76 valence electrons. The van der Waals surface area contributed by atoms with Crippen LogP contribution in [0, 0.1) is 0 Å². The molecule has 0 saturated heterocycles. The number of hydrogen-bond donors (Lipinski definition) is 0. The third-order valence-electron chi connectivity index (χ3n) is 2.87. The Morgan fingerprint density at radius 3 is 3.29 bits per heavy atom. The van der Waals surface area contributed by atoms with Gasteiger partial charge in [-0.2, -0.15) is 0 Å². The molecule has 1 aliphatic heterocycles. The van der Waals surface area contributed by atoms with Crippen LogP contribution in [0.3, 0.4) is 0 Å². The number of aryl methyl sites for hydroxylation is 1. The zero-order chi connectivity index (χ0) is 9.97. The molecule has 0 N–H and O–H groups in total. The monoisotopic (exact) mass is 190 g/mol. The molecule has 2 heterocycles. The highest BCUT2D eigenvalue weighted by Gasteiger charge is 2.15. The first-order chi connectivity index (χ1) is 6.81. The number of allylic oxidation sites excluding steroid dienone is 1. The second kappa shape index (κ2) is 3.99. The largest absolute Gasteiger partial charge is 0.334 e. The van der Waals surface area contributed by atoms with Gasteiger partial charge >= 0.3 is 0 Å². The van der Waals surface area contributed by atoms with Crippen LogP contribution < -0.4 is 0 Å². The molecular formula is C12H18N2. The molecular weight excluding hydrogens is 172 g/mol. The fourth-order valence-electron chi connectivity index (χ4n) is 2.17. The van der Waals surface area contributed by atoms with Crippen LogP contribution in [-0.4, -0.2) is 9.55 Å². The van der Waals surface area contributed by atoms with Gasteiger partial charge in [0.25, 0.3) is 0 Å². The summed E-state index contributed by atoms with van der Waals surface area (Å²) in [6.07, 6.45) is 7.77. The molecule has 0 fully saturated rings. The third-order valence-corrected chi connectivity index (χ3v) is 2.87. The van der Waals surface area contributed by atoms with Crippen molar-refractivity contribution >= 4 is 0 Å². The highest BCUT2D eigenvalue weighted by atomic mass is 15.1. The molecule has 0 saturated carbocycles. The first-order valence-corrected chi connectivity index (χ1v) is 5.50. The van der Waals surface area contributed by atoms with Crippen molar-refractivity contribution in [3.63, 3.8) is 0 Å². The molecule has 0 spiro atoms. The average molecular weight is 190 g/mol. The maximum absolute atomic E-state index is 4.46. The normalized spacial score (nSPS) is 14.4. The molecule has 1 aromatic heterocycles. The Labute approximate surface area is 85.7 Å². The van der Waals surface area contributed by atoms with Crippen LogP contribution in [0.25, 0.3) is 0 Å². The summed E-state index contributed by atoms with van der Waals surface area (Å²) >= 11 is 0. The van der Waals surface area contributed by atoms with Gasteiger partial charge in [0, 0.05) is 18.7 Å². The summed E-state index contributed by atoms with van der Waals surface area (Å²) in [4.78, 5) is 4.46. The van der Waals surface area contributed by atoms with Gasteiger partial charge < -0.3 is 4.57 Å². The Morgan fingerprint density at radius 1 is 1.64 bits per heavy atom. The second-order valence-corrected chi connectivity index (χ2v) is 4.11. The van der Waals surface area contributed by atoms with E-state index < -0.39 is 0 Å². The number of imidazole rings is 1. The van der Waals surface area contributed by atoms with Crippen LogP contribution in [0.15, 0.2) is 18.5 Å².